The molecule has 5 heterocycles. The minimum absolute atomic E-state index is 0.111. The zero-order valence-corrected chi connectivity index (χ0v) is 14.4. The minimum Gasteiger partial charge on any atom is -0.354 e. The molecule has 0 unspecified atom stereocenters. The van der Waals surface area contributed by atoms with Crippen molar-refractivity contribution in [2.24, 2.45) is 0 Å². The van der Waals surface area contributed by atoms with Crippen LogP contribution in [0.4, 0.5) is 15.9 Å². The highest BCUT2D eigenvalue weighted by Gasteiger charge is 2.32. The van der Waals surface area contributed by atoms with Gasteiger partial charge in [0.2, 0.25) is 0 Å². The van der Waals surface area contributed by atoms with Gasteiger partial charge in [-0.3, -0.25) is 4.79 Å². The van der Waals surface area contributed by atoms with Crippen molar-refractivity contribution in [2.45, 2.75) is 19.1 Å². The second-order valence-corrected chi connectivity index (χ2v) is 6.63. The molecule has 0 N–H and O–H groups in total. The Labute approximate surface area is 154 Å². The Hall–Kier alpha value is -3.36. The van der Waals surface area contributed by atoms with Crippen molar-refractivity contribution < 1.29 is 9.18 Å². The Bertz CT molecular complexity index is 989. The lowest BCUT2D eigenvalue weighted by Gasteiger charge is -2.16. The van der Waals surface area contributed by atoms with Gasteiger partial charge in [0.1, 0.15) is 12.0 Å². The number of fused-ring (bicyclic) bond motifs is 1. The molecule has 1 fully saturated rings. The third kappa shape index (κ3) is 2.71. The highest BCUT2D eigenvalue weighted by molar-refractivity contribution is 6.09. The lowest BCUT2D eigenvalue weighted by atomic mass is 10.3. The first kappa shape index (κ1) is 15.9. The third-order valence-electron chi connectivity index (χ3n) is 4.91. The summed E-state index contributed by atoms with van der Waals surface area (Å²) in [4.78, 5) is 20.6. The van der Waals surface area contributed by atoms with Crippen LogP contribution in [-0.2, 0) is 6.54 Å². The Morgan fingerprint density at radius 1 is 1.11 bits per heavy atom. The molecule has 0 bridgehead atoms. The van der Waals surface area contributed by atoms with Crippen LogP contribution in [0.15, 0.2) is 43.0 Å². The molecule has 5 rings (SSSR count). The lowest BCUT2D eigenvalue weighted by molar-refractivity contribution is 0.0996. The van der Waals surface area contributed by atoms with E-state index in [1.165, 1.54) is 0 Å². The van der Waals surface area contributed by atoms with Crippen molar-refractivity contribution in [2.75, 3.05) is 22.9 Å². The highest BCUT2D eigenvalue weighted by atomic mass is 19.1. The summed E-state index contributed by atoms with van der Waals surface area (Å²) in [5, 5.41) is 12.1. The smallest absolute Gasteiger partial charge is 0.262 e. The van der Waals surface area contributed by atoms with Gasteiger partial charge in [0.25, 0.3) is 5.91 Å². The van der Waals surface area contributed by atoms with Crippen LogP contribution in [0.5, 0.6) is 0 Å². The van der Waals surface area contributed by atoms with Gasteiger partial charge in [-0.25, -0.2) is 14.1 Å². The van der Waals surface area contributed by atoms with Crippen molar-refractivity contribution in [1.82, 2.24) is 25.0 Å². The number of pyridine rings is 1. The summed E-state index contributed by atoms with van der Waals surface area (Å²) in [6.07, 6.45) is 6.28. The highest BCUT2D eigenvalue weighted by Crippen LogP contribution is 2.28. The zero-order chi connectivity index (χ0) is 18.4. The normalized spacial score (nSPS) is 19.0. The van der Waals surface area contributed by atoms with E-state index in [0.29, 0.717) is 43.0 Å². The standard InChI is InChI=1S/C18H16FN7O/c19-12-4-6-24(9-12)17-2-1-14(7-20-17)26-10-15-16(23-26)11-25(18(15)27)13-3-5-21-22-8-13/h1-3,5,7-8,10,12H,4,6,9,11H2/t12-/m0/s1. The van der Waals surface area contributed by atoms with Gasteiger partial charge < -0.3 is 9.80 Å². The van der Waals surface area contributed by atoms with Gasteiger partial charge in [0.15, 0.2) is 0 Å². The summed E-state index contributed by atoms with van der Waals surface area (Å²) in [6.45, 7) is 1.46. The fourth-order valence-electron chi connectivity index (χ4n) is 3.48. The predicted octanol–water partition coefficient (Wildman–Crippen LogP) is 1.77. The second-order valence-electron chi connectivity index (χ2n) is 6.63. The van der Waals surface area contributed by atoms with Gasteiger partial charge in [0, 0.05) is 12.7 Å². The first-order valence-corrected chi connectivity index (χ1v) is 8.71. The maximum atomic E-state index is 13.4. The quantitative estimate of drug-likeness (QED) is 0.704. The second kappa shape index (κ2) is 6.11. The molecule has 136 valence electrons. The van der Waals surface area contributed by atoms with Crippen LogP contribution in [0.3, 0.4) is 0 Å². The number of amides is 1. The summed E-state index contributed by atoms with van der Waals surface area (Å²) in [5.41, 5.74) is 2.73. The first-order valence-electron chi connectivity index (χ1n) is 8.71. The number of alkyl halides is 1. The molecule has 27 heavy (non-hydrogen) atoms. The van der Waals surface area contributed by atoms with Gasteiger partial charge in [-0.05, 0) is 24.6 Å². The summed E-state index contributed by atoms with van der Waals surface area (Å²) in [6, 6.07) is 5.48. The average molecular weight is 365 g/mol. The maximum Gasteiger partial charge on any atom is 0.262 e. The van der Waals surface area contributed by atoms with Crippen LogP contribution in [0, 0.1) is 0 Å². The van der Waals surface area contributed by atoms with Crippen molar-refractivity contribution in [3.05, 3.63) is 54.2 Å². The Morgan fingerprint density at radius 2 is 2.04 bits per heavy atom. The molecule has 1 saturated heterocycles. The summed E-state index contributed by atoms with van der Waals surface area (Å²) >= 11 is 0. The van der Waals surface area contributed by atoms with Crippen molar-refractivity contribution in [3.63, 3.8) is 0 Å². The molecule has 2 aliphatic heterocycles. The Balaban J connectivity index is 1.37. The fourth-order valence-corrected chi connectivity index (χ4v) is 3.48. The van der Waals surface area contributed by atoms with E-state index in [2.05, 4.69) is 20.3 Å². The van der Waals surface area contributed by atoms with Gasteiger partial charge in [0.05, 0.1) is 54.3 Å². The van der Waals surface area contributed by atoms with Crippen molar-refractivity contribution in [3.8, 4) is 5.69 Å². The van der Waals surface area contributed by atoms with Crippen LogP contribution in [0.25, 0.3) is 5.69 Å². The van der Waals surface area contributed by atoms with E-state index in [1.807, 2.05) is 17.0 Å². The van der Waals surface area contributed by atoms with Crippen LogP contribution < -0.4 is 9.80 Å². The van der Waals surface area contributed by atoms with E-state index in [-0.39, 0.29) is 5.91 Å². The van der Waals surface area contributed by atoms with Gasteiger partial charge in [-0.1, -0.05) is 0 Å². The van der Waals surface area contributed by atoms with Crippen molar-refractivity contribution >= 4 is 17.4 Å². The summed E-state index contributed by atoms with van der Waals surface area (Å²) in [5.74, 6) is 0.644. The van der Waals surface area contributed by atoms with Gasteiger partial charge >= 0.3 is 0 Å². The van der Waals surface area contributed by atoms with Crippen LogP contribution >= 0.6 is 0 Å². The molecule has 1 atom stereocenters. The van der Waals surface area contributed by atoms with E-state index < -0.39 is 6.17 Å². The lowest BCUT2D eigenvalue weighted by Crippen LogP contribution is -2.24. The number of nitrogens with zero attached hydrogens (tertiary/aromatic N) is 7. The number of anilines is 2. The number of aromatic nitrogens is 5. The SMILES string of the molecule is O=C1c2cn(-c3ccc(N4CC[C@H](F)C4)nc3)nc2CN1c1ccnnc1. The maximum absolute atomic E-state index is 13.4. The topological polar surface area (TPSA) is 80.0 Å². The molecule has 0 spiro atoms. The summed E-state index contributed by atoms with van der Waals surface area (Å²) in [7, 11) is 0. The number of carbonyl (C=O) groups excluding carboxylic acids is 1. The molecule has 0 aromatic carbocycles. The van der Waals surface area contributed by atoms with E-state index >= 15 is 0 Å². The number of hydrogen-bond acceptors (Lipinski definition) is 6. The molecule has 0 radical (unpaired) electrons. The monoisotopic (exact) mass is 365 g/mol. The molecular formula is C18H16FN7O. The van der Waals surface area contributed by atoms with E-state index in [1.54, 1.807) is 40.4 Å². The Kier molecular flexibility index (Phi) is 3.59. The number of halogens is 1. The first-order chi connectivity index (χ1) is 13.2. The molecule has 9 heteroatoms. The molecule has 0 aliphatic carbocycles. The van der Waals surface area contributed by atoms with Gasteiger partial charge in [-0.2, -0.15) is 15.3 Å². The van der Waals surface area contributed by atoms with E-state index in [4.69, 9.17) is 0 Å². The molecule has 3 aromatic rings. The minimum atomic E-state index is -0.787. The third-order valence-corrected chi connectivity index (χ3v) is 4.91. The number of carbonyl (C=O) groups is 1. The number of rotatable bonds is 3. The fraction of sp³-hybridized carbons (Fsp3) is 0.278. The molecular weight excluding hydrogens is 349 g/mol. The Morgan fingerprint density at radius 3 is 2.70 bits per heavy atom. The average Bonchev–Trinajstić information content (AvgIpc) is 3.39. The molecule has 8 nitrogen and oxygen atoms in total. The number of hydrogen-bond donors (Lipinski definition) is 0. The van der Waals surface area contributed by atoms with Crippen LogP contribution in [0.1, 0.15) is 22.5 Å². The van der Waals surface area contributed by atoms with Gasteiger partial charge in [-0.15, -0.1) is 0 Å². The molecule has 1 amide bonds. The molecule has 2 aliphatic rings. The van der Waals surface area contributed by atoms with Crippen LogP contribution in [-0.4, -0.2) is 50.1 Å². The van der Waals surface area contributed by atoms with E-state index in [0.717, 1.165) is 11.5 Å². The molecule has 3 aromatic heterocycles. The van der Waals surface area contributed by atoms with E-state index in [9.17, 15) is 9.18 Å². The largest absolute Gasteiger partial charge is 0.354 e. The molecule has 0 saturated carbocycles. The zero-order valence-electron chi connectivity index (χ0n) is 14.4. The van der Waals surface area contributed by atoms with Crippen molar-refractivity contribution in [1.29, 1.82) is 0 Å². The van der Waals surface area contributed by atoms with Crippen LogP contribution in [0.2, 0.25) is 0 Å². The predicted molar refractivity (Wildman–Crippen MR) is 95.6 cm³/mol. The summed E-state index contributed by atoms with van der Waals surface area (Å²) < 4.78 is 15.0.